The van der Waals surface area contributed by atoms with E-state index in [1.807, 2.05) is 0 Å². The molecule has 4 rings (SSSR count). The van der Waals surface area contributed by atoms with Gasteiger partial charge >= 0.3 is 5.97 Å². The molecular formula is C24H23ClFN3O5. The minimum Gasteiger partial charge on any atom is -0.480 e. The molecule has 0 aliphatic carbocycles. The lowest BCUT2D eigenvalue weighted by atomic mass is 10.1. The van der Waals surface area contributed by atoms with E-state index in [4.69, 9.17) is 16.3 Å². The molecule has 0 saturated carbocycles. The Labute approximate surface area is 199 Å². The smallest absolute Gasteiger partial charge is 0.323 e. The lowest BCUT2D eigenvalue weighted by Gasteiger charge is -2.26. The molecule has 0 radical (unpaired) electrons. The second-order valence-electron chi connectivity index (χ2n) is 8.07. The van der Waals surface area contributed by atoms with E-state index in [2.05, 4.69) is 10.2 Å². The van der Waals surface area contributed by atoms with E-state index >= 15 is 4.39 Å². The number of carboxylic acid groups (broad SMARTS) is 1. The lowest BCUT2D eigenvalue weighted by molar-refractivity contribution is -0.137. The summed E-state index contributed by atoms with van der Waals surface area (Å²) in [5.74, 6) is -2.62. The quantitative estimate of drug-likeness (QED) is 0.531. The first-order chi connectivity index (χ1) is 16.3. The summed E-state index contributed by atoms with van der Waals surface area (Å²) in [6.45, 7) is 2.43. The summed E-state index contributed by atoms with van der Waals surface area (Å²) in [5.41, 5.74) is 0.263. The Morgan fingerprint density at radius 3 is 2.50 bits per heavy atom. The van der Waals surface area contributed by atoms with Gasteiger partial charge in [0.05, 0.1) is 18.7 Å². The van der Waals surface area contributed by atoms with Crippen molar-refractivity contribution in [3.8, 4) is 0 Å². The largest absolute Gasteiger partial charge is 0.480 e. The number of halogens is 2. The highest BCUT2D eigenvalue weighted by molar-refractivity contribution is 6.30. The standard InChI is InChI=1S/C24H23ClFN3O5/c25-17-3-1-15(2-4-17)11-27-24(33)19-13-29(14-21(30)31)22-18(23(19)32)9-16(10-20(22)26)12-28-5-7-34-8-6-28/h1-4,9-10,13H,5-8,11-12,14H2,(H,27,33)(H,30,31). The Kier molecular flexibility index (Phi) is 7.26. The maximum Gasteiger partial charge on any atom is 0.323 e. The summed E-state index contributed by atoms with van der Waals surface area (Å²) < 4.78 is 21.5. The van der Waals surface area contributed by atoms with Crippen molar-refractivity contribution >= 4 is 34.4 Å². The van der Waals surface area contributed by atoms with Crippen molar-refractivity contribution in [3.05, 3.63) is 80.3 Å². The summed E-state index contributed by atoms with van der Waals surface area (Å²) in [6, 6.07) is 9.66. The molecule has 0 unspecified atom stereocenters. The second-order valence-corrected chi connectivity index (χ2v) is 8.50. The summed E-state index contributed by atoms with van der Waals surface area (Å²) in [6.07, 6.45) is 1.10. The average Bonchev–Trinajstić information content (AvgIpc) is 2.80. The number of nitrogens with zero attached hydrogens (tertiary/aromatic N) is 2. The Hall–Kier alpha value is -3.27. The number of hydrogen-bond donors (Lipinski definition) is 2. The number of carboxylic acids is 1. The number of rotatable bonds is 7. The first kappa shape index (κ1) is 23.9. The zero-order chi connectivity index (χ0) is 24.2. The van der Waals surface area contributed by atoms with Gasteiger partial charge in [0.25, 0.3) is 5.91 Å². The van der Waals surface area contributed by atoms with Gasteiger partial charge in [-0.2, -0.15) is 0 Å². The van der Waals surface area contributed by atoms with Crippen LogP contribution in [0.25, 0.3) is 10.9 Å². The van der Waals surface area contributed by atoms with E-state index in [-0.39, 0.29) is 23.0 Å². The number of pyridine rings is 1. The van der Waals surface area contributed by atoms with Gasteiger partial charge < -0.3 is 19.7 Å². The first-order valence-corrected chi connectivity index (χ1v) is 11.1. The molecule has 1 fully saturated rings. The molecule has 178 valence electrons. The van der Waals surface area contributed by atoms with Gasteiger partial charge in [-0.1, -0.05) is 23.7 Å². The Balaban J connectivity index is 1.70. The van der Waals surface area contributed by atoms with Crippen molar-refractivity contribution in [1.29, 1.82) is 0 Å². The third-order valence-electron chi connectivity index (χ3n) is 5.61. The zero-order valence-corrected chi connectivity index (χ0v) is 19.0. The summed E-state index contributed by atoms with van der Waals surface area (Å²) >= 11 is 5.87. The minimum absolute atomic E-state index is 0.0383. The highest BCUT2D eigenvalue weighted by Crippen LogP contribution is 2.21. The van der Waals surface area contributed by atoms with Crippen molar-refractivity contribution in [2.45, 2.75) is 19.6 Å². The molecular weight excluding hydrogens is 465 g/mol. The number of fused-ring (bicyclic) bond motifs is 1. The molecule has 3 aromatic rings. The van der Waals surface area contributed by atoms with Crippen molar-refractivity contribution in [1.82, 2.24) is 14.8 Å². The number of morpholine rings is 1. The maximum absolute atomic E-state index is 15.1. The third-order valence-corrected chi connectivity index (χ3v) is 5.86. The molecule has 34 heavy (non-hydrogen) atoms. The van der Waals surface area contributed by atoms with Crippen LogP contribution in [0.2, 0.25) is 5.02 Å². The molecule has 8 nitrogen and oxygen atoms in total. The van der Waals surface area contributed by atoms with E-state index in [0.717, 1.165) is 16.3 Å². The summed E-state index contributed by atoms with van der Waals surface area (Å²) in [4.78, 5) is 39.6. The Morgan fingerprint density at radius 1 is 1.12 bits per heavy atom. The van der Waals surface area contributed by atoms with Crippen LogP contribution in [0.4, 0.5) is 4.39 Å². The summed E-state index contributed by atoms with van der Waals surface area (Å²) in [7, 11) is 0. The molecule has 2 aromatic carbocycles. The van der Waals surface area contributed by atoms with Gasteiger partial charge in [-0.25, -0.2) is 4.39 Å². The van der Waals surface area contributed by atoms with Gasteiger partial charge in [-0.15, -0.1) is 0 Å². The van der Waals surface area contributed by atoms with Crippen LogP contribution in [0.1, 0.15) is 21.5 Å². The number of carbonyl (C=O) groups is 2. The van der Waals surface area contributed by atoms with Gasteiger partial charge in [-0.05, 0) is 35.4 Å². The van der Waals surface area contributed by atoms with Crippen molar-refractivity contribution in [3.63, 3.8) is 0 Å². The molecule has 0 atom stereocenters. The predicted octanol–water partition coefficient (Wildman–Crippen LogP) is 2.64. The fourth-order valence-corrected chi connectivity index (χ4v) is 4.09. The maximum atomic E-state index is 15.1. The monoisotopic (exact) mass is 487 g/mol. The number of aliphatic carboxylic acids is 1. The molecule has 1 amide bonds. The van der Waals surface area contributed by atoms with Crippen molar-refractivity contribution in [2.75, 3.05) is 26.3 Å². The van der Waals surface area contributed by atoms with Crippen LogP contribution in [0.5, 0.6) is 0 Å². The van der Waals surface area contributed by atoms with Gasteiger partial charge in [0.1, 0.15) is 17.9 Å². The van der Waals surface area contributed by atoms with Crippen molar-refractivity contribution < 1.29 is 23.8 Å². The lowest BCUT2D eigenvalue weighted by Crippen LogP contribution is -2.35. The number of ether oxygens (including phenoxy) is 1. The highest BCUT2D eigenvalue weighted by Gasteiger charge is 2.20. The van der Waals surface area contributed by atoms with Gasteiger partial charge in [0.2, 0.25) is 5.43 Å². The average molecular weight is 488 g/mol. The fourth-order valence-electron chi connectivity index (χ4n) is 3.97. The van der Waals surface area contributed by atoms with Gasteiger partial charge in [0.15, 0.2) is 0 Å². The molecule has 0 spiro atoms. The third kappa shape index (κ3) is 5.44. The first-order valence-electron chi connectivity index (χ1n) is 10.7. The molecule has 10 heteroatoms. The van der Waals surface area contributed by atoms with Crippen LogP contribution in [0, 0.1) is 5.82 Å². The van der Waals surface area contributed by atoms with E-state index in [9.17, 15) is 19.5 Å². The highest BCUT2D eigenvalue weighted by atomic mass is 35.5. The number of carbonyl (C=O) groups excluding carboxylic acids is 1. The Bertz CT molecular complexity index is 1290. The normalized spacial score (nSPS) is 14.3. The Morgan fingerprint density at radius 2 is 1.82 bits per heavy atom. The van der Waals surface area contributed by atoms with Crippen LogP contribution in [-0.2, 0) is 29.2 Å². The van der Waals surface area contributed by atoms with E-state index in [0.29, 0.717) is 43.4 Å². The van der Waals surface area contributed by atoms with Crippen molar-refractivity contribution in [2.24, 2.45) is 0 Å². The van der Waals surface area contributed by atoms with Crippen LogP contribution >= 0.6 is 11.6 Å². The van der Waals surface area contributed by atoms with E-state index < -0.39 is 29.7 Å². The minimum atomic E-state index is -1.23. The number of benzene rings is 2. The topological polar surface area (TPSA) is 101 Å². The van der Waals surface area contributed by atoms with Crippen LogP contribution < -0.4 is 10.7 Å². The van der Waals surface area contributed by atoms with Crippen LogP contribution in [0.15, 0.2) is 47.4 Å². The SMILES string of the molecule is O=C(O)Cn1cc(C(=O)NCc2ccc(Cl)cc2)c(=O)c2cc(CN3CCOCC3)cc(F)c21. The number of amides is 1. The predicted molar refractivity (Wildman–Crippen MR) is 125 cm³/mol. The molecule has 1 aliphatic heterocycles. The number of aromatic nitrogens is 1. The van der Waals surface area contributed by atoms with Gasteiger partial charge in [0, 0.05) is 42.8 Å². The van der Waals surface area contributed by atoms with Crippen LogP contribution in [0.3, 0.4) is 0 Å². The second kappa shape index (κ2) is 10.3. The molecule has 2 N–H and O–H groups in total. The molecule has 2 heterocycles. The zero-order valence-electron chi connectivity index (χ0n) is 18.2. The summed E-state index contributed by atoms with van der Waals surface area (Å²) in [5, 5.41) is 12.5. The molecule has 0 bridgehead atoms. The molecule has 1 aromatic heterocycles. The molecule has 1 saturated heterocycles. The molecule has 1 aliphatic rings. The number of nitrogens with one attached hydrogen (secondary N) is 1. The van der Waals surface area contributed by atoms with E-state index in [1.54, 1.807) is 24.3 Å². The fraction of sp³-hybridized carbons (Fsp3) is 0.292. The number of hydrogen-bond acceptors (Lipinski definition) is 5. The van der Waals surface area contributed by atoms with Gasteiger partial charge in [-0.3, -0.25) is 19.3 Å². The van der Waals surface area contributed by atoms with Crippen LogP contribution in [-0.4, -0.2) is 52.8 Å². The van der Waals surface area contributed by atoms with E-state index in [1.165, 1.54) is 12.1 Å².